The molecule has 2 unspecified atom stereocenters. The van der Waals surface area contributed by atoms with E-state index in [0.717, 1.165) is 37.1 Å². The SMILES string of the molecule is CN(C(=O)c1ccc(-c2nc(C3CC3)no2)cc1)C1CC2CCC(C1)N2.Cl. The number of fused-ring (bicyclic) bond motifs is 2. The molecule has 1 aromatic carbocycles. The molecular weight excluding hydrogens is 364 g/mol. The van der Waals surface area contributed by atoms with Crippen molar-refractivity contribution in [3.63, 3.8) is 0 Å². The summed E-state index contributed by atoms with van der Waals surface area (Å²) in [7, 11) is 1.94. The molecule has 1 amide bonds. The number of hydrogen-bond donors (Lipinski definition) is 1. The third-order valence-corrected chi connectivity index (χ3v) is 6.08. The van der Waals surface area contributed by atoms with Gasteiger partial charge in [0.05, 0.1) is 0 Å². The zero-order valence-electron chi connectivity index (χ0n) is 15.4. The van der Waals surface area contributed by atoms with Crippen molar-refractivity contribution in [2.24, 2.45) is 0 Å². The van der Waals surface area contributed by atoms with Crippen LogP contribution in [0.25, 0.3) is 11.5 Å². The molecule has 0 spiro atoms. The highest BCUT2D eigenvalue weighted by molar-refractivity contribution is 5.94. The second kappa shape index (κ2) is 7.24. The Labute approximate surface area is 165 Å². The molecule has 27 heavy (non-hydrogen) atoms. The minimum atomic E-state index is 0. The lowest BCUT2D eigenvalue weighted by Gasteiger charge is -2.35. The summed E-state index contributed by atoms with van der Waals surface area (Å²) in [6, 6.07) is 9.02. The van der Waals surface area contributed by atoms with Crippen molar-refractivity contribution >= 4 is 18.3 Å². The van der Waals surface area contributed by atoms with Crippen molar-refractivity contribution in [2.75, 3.05) is 7.05 Å². The Morgan fingerprint density at radius 1 is 1.11 bits per heavy atom. The quantitative estimate of drug-likeness (QED) is 0.869. The Bertz CT molecular complexity index is 806. The van der Waals surface area contributed by atoms with Crippen LogP contribution >= 0.6 is 12.4 Å². The molecule has 2 aromatic rings. The molecule has 2 aliphatic heterocycles. The first-order valence-electron chi connectivity index (χ1n) is 9.64. The van der Waals surface area contributed by atoms with Crippen LogP contribution in [0.2, 0.25) is 0 Å². The van der Waals surface area contributed by atoms with E-state index >= 15 is 0 Å². The van der Waals surface area contributed by atoms with Crippen molar-refractivity contribution in [3.05, 3.63) is 35.7 Å². The number of piperidine rings is 1. The van der Waals surface area contributed by atoms with Crippen molar-refractivity contribution in [1.82, 2.24) is 20.4 Å². The van der Waals surface area contributed by atoms with Gasteiger partial charge in [0.15, 0.2) is 5.82 Å². The molecule has 3 aliphatic rings. The minimum absolute atomic E-state index is 0. The van der Waals surface area contributed by atoms with Gasteiger partial charge < -0.3 is 14.7 Å². The van der Waals surface area contributed by atoms with Gasteiger partial charge in [0.2, 0.25) is 0 Å². The Morgan fingerprint density at radius 3 is 2.41 bits per heavy atom. The molecule has 2 atom stereocenters. The van der Waals surface area contributed by atoms with Crippen LogP contribution in [0.5, 0.6) is 0 Å². The standard InChI is InChI=1S/C20H24N4O2.ClH/c1-24(17-10-15-8-9-16(11-17)21-15)20(25)14-6-4-13(5-7-14)19-22-18(23-26-19)12-2-3-12;/h4-7,12,15-17,21H,2-3,8-11H2,1H3;1H. The van der Waals surface area contributed by atoms with Gasteiger partial charge in [-0.15, -0.1) is 12.4 Å². The van der Waals surface area contributed by atoms with Crippen molar-refractivity contribution in [2.45, 2.75) is 62.6 Å². The van der Waals surface area contributed by atoms with Gasteiger partial charge in [-0.05, 0) is 62.8 Å². The maximum Gasteiger partial charge on any atom is 0.257 e. The number of halogens is 1. The van der Waals surface area contributed by atoms with E-state index in [1.165, 1.54) is 12.8 Å². The van der Waals surface area contributed by atoms with Gasteiger partial charge in [0, 0.05) is 42.2 Å². The number of nitrogens with one attached hydrogen (secondary N) is 1. The maximum atomic E-state index is 12.9. The van der Waals surface area contributed by atoms with Crippen molar-refractivity contribution in [3.8, 4) is 11.5 Å². The third kappa shape index (κ3) is 3.60. The van der Waals surface area contributed by atoms with Crippen LogP contribution in [-0.2, 0) is 0 Å². The first-order valence-corrected chi connectivity index (χ1v) is 9.64. The molecule has 1 aliphatic carbocycles. The van der Waals surface area contributed by atoms with Crippen LogP contribution in [0, 0.1) is 0 Å². The molecule has 6 nitrogen and oxygen atoms in total. The summed E-state index contributed by atoms with van der Waals surface area (Å²) in [6.45, 7) is 0. The molecular formula is C20H25ClN4O2. The lowest BCUT2D eigenvalue weighted by Crippen LogP contribution is -2.48. The van der Waals surface area contributed by atoms with Gasteiger partial charge in [0.1, 0.15) is 0 Å². The first kappa shape index (κ1) is 18.4. The van der Waals surface area contributed by atoms with Crippen LogP contribution < -0.4 is 5.32 Å². The van der Waals surface area contributed by atoms with E-state index in [-0.39, 0.29) is 18.3 Å². The number of amides is 1. The average Bonchev–Trinajstić information content (AvgIpc) is 3.32. The van der Waals surface area contributed by atoms with E-state index in [0.29, 0.717) is 35.5 Å². The molecule has 1 saturated carbocycles. The lowest BCUT2D eigenvalue weighted by atomic mass is 9.98. The van der Waals surface area contributed by atoms with Crippen molar-refractivity contribution < 1.29 is 9.32 Å². The van der Waals surface area contributed by atoms with Crippen molar-refractivity contribution in [1.29, 1.82) is 0 Å². The molecule has 2 bridgehead atoms. The Morgan fingerprint density at radius 2 is 1.78 bits per heavy atom. The highest BCUT2D eigenvalue weighted by Crippen LogP contribution is 2.39. The van der Waals surface area contributed by atoms with E-state index in [9.17, 15) is 4.79 Å². The highest BCUT2D eigenvalue weighted by Gasteiger charge is 2.36. The molecule has 5 rings (SSSR count). The zero-order valence-corrected chi connectivity index (χ0v) is 16.2. The van der Waals surface area contributed by atoms with Crippen LogP contribution in [0.1, 0.15) is 60.6 Å². The summed E-state index contributed by atoms with van der Waals surface area (Å²) in [5.74, 6) is 1.91. The number of benzene rings is 1. The average molecular weight is 389 g/mol. The van der Waals surface area contributed by atoms with E-state index in [2.05, 4.69) is 15.5 Å². The number of carbonyl (C=O) groups is 1. The topological polar surface area (TPSA) is 71.3 Å². The predicted octanol–water partition coefficient (Wildman–Crippen LogP) is 3.39. The molecule has 3 heterocycles. The number of hydrogen-bond acceptors (Lipinski definition) is 5. The summed E-state index contributed by atoms with van der Waals surface area (Å²) in [5.41, 5.74) is 1.58. The maximum absolute atomic E-state index is 12.9. The fraction of sp³-hybridized carbons (Fsp3) is 0.550. The largest absolute Gasteiger partial charge is 0.339 e. The molecule has 1 aromatic heterocycles. The summed E-state index contributed by atoms with van der Waals surface area (Å²) >= 11 is 0. The van der Waals surface area contributed by atoms with Gasteiger partial charge in [-0.3, -0.25) is 4.79 Å². The van der Waals surface area contributed by atoms with E-state index in [4.69, 9.17) is 4.52 Å². The zero-order chi connectivity index (χ0) is 17.7. The molecule has 0 radical (unpaired) electrons. The second-order valence-corrected chi connectivity index (χ2v) is 7.99. The fourth-order valence-electron chi connectivity index (χ4n) is 4.33. The molecule has 2 saturated heterocycles. The van der Waals surface area contributed by atoms with Crippen LogP contribution in [0.4, 0.5) is 0 Å². The third-order valence-electron chi connectivity index (χ3n) is 6.08. The van der Waals surface area contributed by atoms with Gasteiger partial charge in [-0.25, -0.2) is 0 Å². The number of rotatable bonds is 4. The molecule has 7 heteroatoms. The van der Waals surface area contributed by atoms with Gasteiger partial charge in [0.25, 0.3) is 11.8 Å². The summed E-state index contributed by atoms with van der Waals surface area (Å²) in [6.07, 6.45) is 6.90. The number of nitrogens with zero attached hydrogens (tertiary/aromatic N) is 3. The van der Waals surface area contributed by atoms with Gasteiger partial charge >= 0.3 is 0 Å². The molecule has 144 valence electrons. The smallest absolute Gasteiger partial charge is 0.257 e. The van der Waals surface area contributed by atoms with Crippen LogP contribution in [-0.4, -0.2) is 46.1 Å². The number of aromatic nitrogens is 2. The Balaban J connectivity index is 0.00000180. The second-order valence-electron chi connectivity index (χ2n) is 7.99. The van der Waals surface area contributed by atoms with E-state index in [1.807, 2.05) is 36.2 Å². The minimum Gasteiger partial charge on any atom is -0.339 e. The van der Waals surface area contributed by atoms with Crippen LogP contribution in [0.3, 0.4) is 0 Å². The highest BCUT2D eigenvalue weighted by atomic mass is 35.5. The molecule has 3 fully saturated rings. The fourth-order valence-corrected chi connectivity index (χ4v) is 4.33. The monoisotopic (exact) mass is 388 g/mol. The molecule has 1 N–H and O–H groups in total. The first-order chi connectivity index (χ1) is 12.7. The van der Waals surface area contributed by atoms with Gasteiger partial charge in [-0.2, -0.15) is 4.98 Å². The summed E-state index contributed by atoms with van der Waals surface area (Å²) in [4.78, 5) is 19.3. The lowest BCUT2D eigenvalue weighted by molar-refractivity contribution is 0.0681. The predicted molar refractivity (Wildman–Crippen MR) is 104 cm³/mol. The van der Waals surface area contributed by atoms with E-state index in [1.54, 1.807) is 0 Å². The Hall–Kier alpha value is -1.92. The summed E-state index contributed by atoms with van der Waals surface area (Å²) < 4.78 is 5.36. The normalized spacial score (nSPS) is 26.5. The Kier molecular flexibility index (Phi) is 4.95. The van der Waals surface area contributed by atoms with Gasteiger partial charge in [-0.1, -0.05) is 5.16 Å². The summed E-state index contributed by atoms with van der Waals surface area (Å²) in [5, 5.41) is 7.69. The van der Waals surface area contributed by atoms with Crippen LogP contribution in [0.15, 0.2) is 28.8 Å². The number of carbonyl (C=O) groups excluding carboxylic acids is 1. The van der Waals surface area contributed by atoms with E-state index < -0.39 is 0 Å².